The number of piperazine rings is 1. The van der Waals surface area contributed by atoms with Crippen LogP contribution in [-0.2, 0) is 6.42 Å². The zero-order valence-electron chi connectivity index (χ0n) is 12.4. The Morgan fingerprint density at radius 2 is 2.27 bits per heavy atom. The van der Waals surface area contributed by atoms with Crippen molar-refractivity contribution in [1.82, 2.24) is 14.9 Å². The molecular weight excluding hydrogens is 324 g/mol. The van der Waals surface area contributed by atoms with Crippen LogP contribution in [0, 0.1) is 0 Å². The number of thiophene rings is 1. The van der Waals surface area contributed by atoms with Gasteiger partial charge in [-0.05, 0) is 31.0 Å². The molecule has 0 saturated carbocycles. The predicted octanol–water partition coefficient (Wildman–Crippen LogP) is 3.10. The molecule has 6 nitrogen and oxygen atoms in total. The van der Waals surface area contributed by atoms with Crippen LogP contribution in [0.3, 0.4) is 0 Å². The number of rotatable bonds is 2. The fourth-order valence-electron chi connectivity index (χ4n) is 2.77. The molecule has 8 heteroatoms. The van der Waals surface area contributed by atoms with Crippen molar-refractivity contribution in [3.8, 4) is 0 Å². The lowest BCUT2D eigenvalue weighted by Gasteiger charge is -2.39. The minimum atomic E-state index is -0.874. The summed E-state index contributed by atoms with van der Waals surface area (Å²) in [5.41, 5.74) is 0. The highest BCUT2D eigenvalue weighted by atomic mass is 35.5. The zero-order chi connectivity index (χ0) is 15.9. The quantitative estimate of drug-likeness (QED) is 0.851. The third-order valence-electron chi connectivity index (χ3n) is 3.91. The summed E-state index contributed by atoms with van der Waals surface area (Å²) in [6.45, 7) is 5.64. The van der Waals surface area contributed by atoms with Crippen molar-refractivity contribution >= 4 is 45.1 Å². The molecule has 1 aliphatic rings. The summed E-state index contributed by atoms with van der Waals surface area (Å²) >= 11 is 7.71. The van der Waals surface area contributed by atoms with Crippen LogP contribution in [0.5, 0.6) is 0 Å². The van der Waals surface area contributed by atoms with Gasteiger partial charge in [0.25, 0.3) is 0 Å². The first kappa shape index (κ1) is 15.3. The molecule has 0 aromatic carbocycles. The number of aromatic nitrogens is 2. The van der Waals surface area contributed by atoms with Crippen LogP contribution in [0.2, 0.25) is 5.28 Å². The van der Waals surface area contributed by atoms with Crippen molar-refractivity contribution in [1.29, 1.82) is 0 Å². The van der Waals surface area contributed by atoms with Gasteiger partial charge in [-0.15, -0.1) is 11.3 Å². The van der Waals surface area contributed by atoms with E-state index in [0.717, 1.165) is 22.5 Å². The van der Waals surface area contributed by atoms with Crippen molar-refractivity contribution in [3.05, 3.63) is 16.2 Å². The summed E-state index contributed by atoms with van der Waals surface area (Å²) in [4.78, 5) is 25.5. The molecule has 1 aliphatic heterocycles. The lowest BCUT2D eigenvalue weighted by Crippen LogP contribution is -2.53. The Kier molecular flexibility index (Phi) is 4.10. The minimum absolute atomic E-state index is 0.0454. The number of halogens is 1. The van der Waals surface area contributed by atoms with Crippen molar-refractivity contribution in [2.24, 2.45) is 0 Å². The molecule has 0 unspecified atom stereocenters. The lowest BCUT2D eigenvalue weighted by molar-refractivity contribution is 0.136. The van der Waals surface area contributed by atoms with Crippen molar-refractivity contribution < 1.29 is 9.90 Å². The molecule has 3 rings (SSSR count). The van der Waals surface area contributed by atoms with Crippen LogP contribution in [0.4, 0.5) is 10.6 Å². The van der Waals surface area contributed by atoms with E-state index in [1.165, 1.54) is 9.78 Å². The van der Waals surface area contributed by atoms with Crippen molar-refractivity contribution in [3.63, 3.8) is 0 Å². The maximum absolute atomic E-state index is 11.1. The summed E-state index contributed by atoms with van der Waals surface area (Å²) in [6, 6.07) is 2.16. The van der Waals surface area contributed by atoms with Gasteiger partial charge in [0.2, 0.25) is 5.28 Å². The van der Waals surface area contributed by atoms with Crippen molar-refractivity contribution in [2.75, 3.05) is 24.5 Å². The summed E-state index contributed by atoms with van der Waals surface area (Å²) in [5.74, 6) is 0.809. The normalized spacial score (nSPS) is 19.0. The van der Waals surface area contributed by atoms with Gasteiger partial charge < -0.3 is 14.9 Å². The number of carboxylic acid groups (broad SMARTS) is 1. The van der Waals surface area contributed by atoms with Crippen LogP contribution in [-0.4, -0.2) is 51.7 Å². The number of fused-ring (bicyclic) bond motifs is 1. The molecule has 0 radical (unpaired) electrons. The van der Waals surface area contributed by atoms with Gasteiger partial charge in [-0.25, -0.2) is 9.78 Å². The molecule has 1 amide bonds. The summed E-state index contributed by atoms with van der Waals surface area (Å²) in [6.07, 6.45) is 0.0710. The van der Waals surface area contributed by atoms with E-state index in [4.69, 9.17) is 16.7 Å². The summed E-state index contributed by atoms with van der Waals surface area (Å²) in [5, 5.41) is 10.4. The first-order valence-corrected chi connectivity index (χ1v) is 8.39. The first-order chi connectivity index (χ1) is 10.5. The smallest absolute Gasteiger partial charge is 0.407 e. The van der Waals surface area contributed by atoms with Gasteiger partial charge in [-0.2, -0.15) is 4.98 Å². The Balaban J connectivity index is 1.99. The highest BCUT2D eigenvalue weighted by molar-refractivity contribution is 7.18. The number of anilines is 1. The largest absolute Gasteiger partial charge is 0.465 e. The second-order valence-electron chi connectivity index (χ2n) is 5.37. The van der Waals surface area contributed by atoms with Gasteiger partial charge in [0.15, 0.2) is 0 Å². The third-order valence-corrected chi connectivity index (χ3v) is 5.26. The number of amides is 1. The third kappa shape index (κ3) is 2.70. The van der Waals surface area contributed by atoms with Gasteiger partial charge in [0.05, 0.1) is 5.39 Å². The fourth-order valence-corrected chi connectivity index (χ4v) is 3.95. The van der Waals surface area contributed by atoms with Gasteiger partial charge in [-0.1, -0.05) is 6.92 Å². The Hall–Kier alpha value is -1.60. The highest BCUT2D eigenvalue weighted by Gasteiger charge is 2.29. The van der Waals surface area contributed by atoms with Gasteiger partial charge in [0.1, 0.15) is 10.6 Å². The topological polar surface area (TPSA) is 69.6 Å². The number of carbonyl (C=O) groups is 1. The number of aryl methyl sites for hydroxylation is 1. The van der Waals surface area contributed by atoms with Crippen LogP contribution in [0.25, 0.3) is 10.2 Å². The molecule has 0 bridgehead atoms. The monoisotopic (exact) mass is 340 g/mol. The first-order valence-electron chi connectivity index (χ1n) is 7.20. The molecule has 3 heterocycles. The van der Waals surface area contributed by atoms with E-state index < -0.39 is 6.09 Å². The van der Waals surface area contributed by atoms with E-state index in [9.17, 15) is 4.79 Å². The Morgan fingerprint density at radius 1 is 1.50 bits per heavy atom. The van der Waals surface area contributed by atoms with Crippen molar-refractivity contribution in [2.45, 2.75) is 26.3 Å². The molecule has 0 aliphatic carbocycles. The Bertz CT molecular complexity index is 720. The molecule has 2 aromatic heterocycles. The number of nitrogens with zero attached hydrogens (tertiary/aromatic N) is 4. The fraction of sp³-hybridized carbons (Fsp3) is 0.500. The molecule has 118 valence electrons. The molecule has 1 fully saturated rings. The second-order valence-corrected chi connectivity index (χ2v) is 6.83. The molecule has 1 saturated heterocycles. The average Bonchev–Trinajstić information content (AvgIpc) is 2.89. The molecule has 1 N–H and O–H groups in total. The van der Waals surface area contributed by atoms with E-state index >= 15 is 0 Å². The van der Waals surface area contributed by atoms with E-state index in [1.54, 1.807) is 11.3 Å². The number of hydrogen-bond donors (Lipinski definition) is 1. The SMILES string of the molecule is CCc1cc2c(N3CCN(C(=O)O)C[C@H]3C)nc(Cl)nc2s1. The Morgan fingerprint density at radius 3 is 2.91 bits per heavy atom. The standard InChI is InChI=1S/C14H17ClN4O2S/c1-3-9-6-10-11(16-13(15)17-12(10)22-9)19-5-4-18(14(20)21)7-8(19)2/h6,8H,3-5,7H2,1-2H3,(H,20,21)/t8-/m1/s1. The molecule has 2 aromatic rings. The average molecular weight is 341 g/mol. The zero-order valence-corrected chi connectivity index (χ0v) is 14.0. The molecule has 0 spiro atoms. The maximum atomic E-state index is 11.1. The summed E-state index contributed by atoms with van der Waals surface area (Å²) in [7, 11) is 0. The van der Waals surface area contributed by atoms with Gasteiger partial charge >= 0.3 is 6.09 Å². The van der Waals surface area contributed by atoms with Gasteiger partial charge in [0, 0.05) is 30.6 Å². The van der Waals surface area contributed by atoms with Crippen LogP contribution < -0.4 is 4.90 Å². The van der Waals surface area contributed by atoms with Crippen LogP contribution in [0.1, 0.15) is 18.7 Å². The predicted molar refractivity (Wildman–Crippen MR) is 88.2 cm³/mol. The lowest BCUT2D eigenvalue weighted by atomic mass is 10.2. The second kappa shape index (κ2) is 5.89. The van der Waals surface area contributed by atoms with Crippen LogP contribution in [0.15, 0.2) is 6.07 Å². The molecular formula is C14H17ClN4O2S. The van der Waals surface area contributed by atoms with E-state index in [1.807, 2.05) is 6.92 Å². The van der Waals surface area contributed by atoms with Gasteiger partial charge in [-0.3, -0.25) is 0 Å². The van der Waals surface area contributed by atoms with Crippen LogP contribution >= 0.6 is 22.9 Å². The molecule has 22 heavy (non-hydrogen) atoms. The maximum Gasteiger partial charge on any atom is 0.407 e. The van der Waals surface area contributed by atoms with E-state index in [0.29, 0.717) is 19.6 Å². The number of hydrogen-bond acceptors (Lipinski definition) is 5. The summed E-state index contributed by atoms with van der Waals surface area (Å²) < 4.78 is 0. The van der Waals surface area contributed by atoms with E-state index in [2.05, 4.69) is 27.9 Å². The Labute approximate surface area is 137 Å². The molecule has 1 atom stereocenters. The van der Waals surface area contributed by atoms with E-state index in [-0.39, 0.29) is 11.3 Å². The minimum Gasteiger partial charge on any atom is -0.465 e. The highest BCUT2D eigenvalue weighted by Crippen LogP contribution is 2.33.